The van der Waals surface area contributed by atoms with Crippen LogP contribution in [0.1, 0.15) is 60.8 Å². The lowest BCUT2D eigenvalue weighted by molar-refractivity contribution is 0.0685. The van der Waals surface area contributed by atoms with Crippen LogP contribution < -0.4 is 11.2 Å². The van der Waals surface area contributed by atoms with E-state index in [1.807, 2.05) is 13.8 Å². The Hall–Kier alpha value is -2.64. The number of hydrogen-bond acceptors (Lipinski definition) is 4. The highest BCUT2D eigenvalue weighted by molar-refractivity contribution is 5.92. The fourth-order valence-corrected chi connectivity index (χ4v) is 3.78. The standard InChI is InChI=1S/C19H27N5O3/c1-3-24-16(9-13(2)22-24)18(26)23(11-14-7-5-4-6-8-14)12-15-10-20-19(27)21-17(15)25/h9-10,14H,3-8,11-12H2,1-2H3,(H2,20,21,25,27). The summed E-state index contributed by atoms with van der Waals surface area (Å²) in [7, 11) is 0. The number of aromatic nitrogens is 4. The van der Waals surface area contributed by atoms with Gasteiger partial charge in [-0.3, -0.25) is 19.3 Å². The third-order valence-electron chi connectivity index (χ3n) is 5.17. The number of aryl methyl sites for hydroxylation is 2. The maximum Gasteiger partial charge on any atom is 0.325 e. The minimum atomic E-state index is -0.548. The summed E-state index contributed by atoms with van der Waals surface area (Å²) in [5.74, 6) is 0.303. The molecule has 0 atom stereocenters. The van der Waals surface area contributed by atoms with Crippen molar-refractivity contribution in [1.29, 1.82) is 0 Å². The van der Waals surface area contributed by atoms with E-state index in [4.69, 9.17) is 0 Å². The van der Waals surface area contributed by atoms with Gasteiger partial charge in [-0.1, -0.05) is 19.3 Å². The van der Waals surface area contributed by atoms with Crippen molar-refractivity contribution >= 4 is 5.91 Å². The van der Waals surface area contributed by atoms with E-state index in [0.717, 1.165) is 18.5 Å². The lowest BCUT2D eigenvalue weighted by Gasteiger charge is -2.29. The molecular weight excluding hydrogens is 346 g/mol. The smallest absolute Gasteiger partial charge is 0.325 e. The Labute approximate surface area is 157 Å². The SMILES string of the molecule is CCn1nc(C)cc1C(=O)N(Cc1c[nH]c(=O)[nH]c1=O)CC1CCCCC1. The molecule has 2 aromatic heterocycles. The maximum atomic E-state index is 13.3. The summed E-state index contributed by atoms with van der Waals surface area (Å²) < 4.78 is 1.70. The normalized spacial score (nSPS) is 15.0. The van der Waals surface area contributed by atoms with Crippen LogP contribution in [0.5, 0.6) is 0 Å². The fourth-order valence-electron chi connectivity index (χ4n) is 3.78. The monoisotopic (exact) mass is 373 g/mol. The van der Waals surface area contributed by atoms with Crippen LogP contribution in [0.3, 0.4) is 0 Å². The molecular formula is C19H27N5O3. The average Bonchev–Trinajstić information content (AvgIpc) is 3.04. The highest BCUT2D eigenvalue weighted by Gasteiger charge is 2.25. The molecule has 2 aromatic rings. The number of nitrogens with zero attached hydrogens (tertiary/aromatic N) is 3. The molecule has 0 unspecified atom stereocenters. The predicted octanol–water partition coefficient (Wildman–Crippen LogP) is 1.81. The van der Waals surface area contributed by atoms with Gasteiger partial charge in [0.1, 0.15) is 5.69 Å². The average molecular weight is 373 g/mol. The molecule has 2 heterocycles. The minimum absolute atomic E-state index is 0.131. The van der Waals surface area contributed by atoms with E-state index in [9.17, 15) is 14.4 Å². The van der Waals surface area contributed by atoms with Gasteiger partial charge in [0.25, 0.3) is 11.5 Å². The molecule has 0 radical (unpaired) electrons. The first kappa shape index (κ1) is 19.1. The van der Waals surface area contributed by atoms with Crippen molar-refractivity contribution in [3.8, 4) is 0 Å². The molecule has 3 rings (SSSR count). The molecule has 8 heteroatoms. The second-order valence-electron chi connectivity index (χ2n) is 7.27. The lowest BCUT2D eigenvalue weighted by Crippen LogP contribution is -2.39. The van der Waals surface area contributed by atoms with Crippen LogP contribution in [0.15, 0.2) is 21.9 Å². The zero-order valence-electron chi connectivity index (χ0n) is 16.0. The Morgan fingerprint density at radius 2 is 2.04 bits per heavy atom. The first-order chi connectivity index (χ1) is 13.0. The van der Waals surface area contributed by atoms with Crippen LogP contribution in [0.25, 0.3) is 0 Å². The van der Waals surface area contributed by atoms with E-state index in [1.54, 1.807) is 15.6 Å². The topological polar surface area (TPSA) is 104 Å². The molecule has 1 amide bonds. The quantitative estimate of drug-likeness (QED) is 0.806. The Kier molecular flexibility index (Phi) is 5.93. The van der Waals surface area contributed by atoms with Gasteiger partial charge < -0.3 is 9.88 Å². The number of amides is 1. The van der Waals surface area contributed by atoms with E-state index in [1.165, 1.54) is 25.5 Å². The van der Waals surface area contributed by atoms with E-state index in [2.05, 4.69) is 15.1 Å². The number of hydrogen-bond donors (Lipinski definition) is 2. The summed E-state index contributed by atoms with van der Waals surface area (Å²) >= 11 is 0. The van der Waals surface area contributed by atoms with Crippen LogP contribution >= 0.6 is 0 Å². The van der Waals surface area contributed by atoms with Crippen molar-refractivity contribution in [2.75, 3.05) is 6.54 Å². The zero-order chi connectivity index (χ0) is 19.4. The Morgan fingerprint density at radius 1 is 1.30 bits per heavy atom. The summed E-state index contributed by atoms with van der Waals surface area (Å²) in [6, 6.07) is 1.79. The molecule has 0 spiro atoms. The number of carbonyl (C=O) groups is 1. The largest absolute Gasteiger partial charge is 0.332 e. The highest BCUT2D eigenvalue weighted by Crippen LogP contribution is 2.25. The summed E-state index contributed by atoms with van der Waals surface area (Å²) in [4.78, 5) is 43.1. The van der Waals surface area contributed by atoms with Crippen molar-refractivity contribution in [2.24, 2.45) is 5.92 Å². The van der Waals surface area contributed by atoms with Crippen molar-refractivity contribution in [3.05, 3.63) is 50.1 Å². The van der Waals surface area contributed by atoms with Crippen molar-refractivity contribution in [1.82, 2.24) is 24.6 Å². The van der Waals surface area contributed by atoms with E-state index < -0.39 is 11.2 Å². The third-order valence-corrected chi connectivity index (χ3v) is 5.17. The van der Waals surface area contributed by atoms with Crippen LogP contribution in [-0.4, -0.2) is 37.1 Å². The van der Waals surface area contributed by atoms with Crippen LogP contribution in [-0.2, 0) is 13.1 Å². The van der Waals surface area contributed by atoms with E-state index >= 15 is 0 Å². The predicted molar refractivity (Wildman–Crippen MR) is 102 cm³/mol. The summed E-state index contributed by atoms with van der Waals surface area (Å²) in [5.41, 5.74) is 0.693. The van der Waals surface area contributed by atoms with Crippen LogP contribution in [0, 0.1) is 12.8 Å². The Bertz CT molecular complexity index is 905. The van der Waals surface area contributed by atoms with Gasteiger partial charge in [-0.2, -0.15) is 5.10 Å². The second kappa shape index (κ2) is 8.37. The molecule has 1 fully saturated rings. The maximum absolute atomic E-state index is 13.3. The van der Waals surface area contributed by atoms with Gasteiger partial charge in [0.05, 0.1) is 17.8 Å². The number of nitrogens with one attached hydrogen (secondary N) is 2. The van der Waals surface area contributed by atoms with Gasteiger partial charge in [-0.15, -0.1) is 0 Å². The molecule has 0 aliphatic heterocycles. The van der Waals surface area contributed by atoms with E-state index in [0.29, 0.717) is 30.3 Å². The van der Waals surface area contributed by atoms with Gasteiger partial charge in [0.15, 0.2) is 0 Å². The minimum Gasteiger partial charge on any atom is -0.332 e. The molecule has 0 saturated heterocycles. The third kappa shape index (κ3) is 4.56. The van der Waals surface area contributed by atoms with Crippen molar-refractivity contribution in [3.63, 3.8) is 0 Å². The first-order valence-corrected chi connectivity index (χ1v) is 9.62. The Balaban J connectivity index is 1.89. The van der Waals surface area contributed by atoms with E-state index in [-0.39, 0.29) is 12.5 Å². The molecule has 1 saturated carbocycles. The van der Waals surface area contributed by atoms with Gasteiger partial charge in [0, 0.05) is 19.3 Å². The molecule has 2 N–H and O–H groups in total. The molecule has 146 valence electrons. The number of aromatic amines is 2. The van der Waals surface area contributed by atoms with Gasteiger partial charge in [-0.05, 0) is 38.7 Å². The van der Waals surface area contributed by atoms with Crippen LogP contribution in [0.2, 0.25) is 0 Å². The summed E-state index contributed by atoms with van der Waals surface area (Å²) in [6.45, 7) is 5.18. The Morgan fingerprint density at radius 3 is 2.70 bits per heavy atom. The molecule has 27 heavy (non-hydrogen) atoms. The van der Waals surface area contributed by atoms with Crippen molar-refractivity contribution < 1.29 is 4.79 Å². The fraction of sp³-hybridized carbons (Fsp3) is 0.579. The number of H-pyrrole nitrogens is 2. The van der Waals surface area contributed by atoms with Gasteiger partial charge in [-0.25, -0.2) is 4.79 Å². The zero-order valence-corrected chi connectivity index (χ0v) is 16.0. The summed E-state index contributed by atoms with van der Waals surface area (Å²) in [6.07, 6.45) is 7.18. The second-order valence-corrected chi connectivity index (χ2v) is 7.27. The van der Waals surface area contributed by atoms with Gasteiger partial charge in [0.2, 0.25) is 0 Å². The first-order valence-electron chi connectivity index (χ1n) is 9.62. The van der Waals surface area contributed by atoms with Crippen molar-refractivity contribution in [2.45, 2.75) is 59.0 Å². The number of carbonyl (C=O) groups excluding carboxylic acids is 1. The van der Waals surface area contributed by atoms with Gasteiger partial charge >= 0.3 is 5.69 Å². The molecule has 0 bridgehead atoms. The summed E-state index contributed by atoms with van der Waals surface area (Å²) in [5, 5.41) is 4.37. The van der Waals surface area contributed by atoms with Crippen LogP contribution in [0.4, 0.5) is 0 Å². The molecule has 8 nitrogen and oxygen atoms in total. The molecule has 1 aliphatic carbocycles. The molecule has 0 aromatic carbocycles. The highest BCUT2D eigenvalue weighted by atomic mass is 16.2. The lowest BCUT2D eigenvalue weighted by atomic mass is 9.89. The number of rotatable bonds is 6. The molecule has 1 aliphatic rings.